The highest BCUT2D eigenvalue weighted by molar-refractivity contribution is 7.10. The van der Waals surface area contributed by atoms with E-state index in [1.807, 2.05) is 47.7 Å². The molecule has 0 aromatic carbocycles. The molecule has 3 aromatic heterocycles. The van der Waals surface area contributed by atoms with Crippen LogP contribution in [0.2, 0.25) is 0 Å². The molecule has 5 rings (SSSR count). The number of amides is 1. The number of carbonyl (C=O) groups excluding carboxylic acids is 1. The lowest BCUT2D eigenvalue weighted by molar-refractivity contribution is 0.0712. The number of piperidine rings is 1. The highest BCUT2D eigenvalue weighted by Gasteiger charge is 2.29. The topological polar surface area (TPSA) is 71.0 Å². The van der Waals surface area contributed by atoms with Crippen LogP contribution in [-0.2, 0) is 0 Å². The number of pyridine rings is 1. The third kappa shape index (κ3) is 4.07. The normalized spacial score (nSPS) is 17.2. The molecule has 0 bridgehead atoms. The number of rotatable bonds is 5. The monoisotopic (exact) mass is 419 g/mol. The molecule has 1 saturated carbocycles. The molecule has 2 fully saturated rings. The molecule has 1 saturated heterocycles. The highest BCUT2D eigenvalue weighted by atomic mass is 32.1. The lowest BCUT2D eigenvalue weighted by Crippen LogP contribution is -2.38. The van der Waals surface area contributed by atoms with Gasteiger partial charge in [-0.05, 0) is 50.8 Å². The molecule has 154 valence electrons. The van der Waals surface area contributed by atoms with E-state index >= 15 is 0 Å². The van der Waals surface area contributed by atoms with Crippen molar-refractivity contribution >= 4 is 23.2 Å². The van der Waals surface area contributed by atoms with Gasteiger partial charge in [-0.25, -0.2) is 9.97 Å². The molecule has 0 spiro atoms. The largest absolute Gasteiger partial charge is 0.351 e. The van der Waals surface area contributed by atoms with Crippen LogP contribution in [0.3, 0.4) is 0 Å². The second-order valence-corrected chi connectivity index (χ2v) is 9.25. The molecule has 0 radical (unpaired) electrons. The third-order valence-electron chi connectivity index (χ3n) is 5.82. The van der Waals surface area contributed by atoms with Gasteiger partial charge < -0.3 is 10.2 Å². The Morgan fingerprint density at radius 2 is 2.00 bits per heavy atom. The van der Waals surface area contributed by atoms with E-state index in [1.54, 1.807) is 17.5 Å². The summed E-state index contributed by atoms with van der Waals surface area (Å²) in [5.41, 5.74) is 3.75. The number of nitrogens with zero attached hydrogens (tertiary/aromatic N) is 4. The van der Waals surface area contributed by atoms with Crippen LogP contribution in [0.15, 0.2) is 42.0 Å². The fraction of sp³-hybridized carbons (Fsp3) is 0.391. The summed E-state index contributed by atoms with van der Waals surface area (Å²) in [5.74, 6) is 1.14. The number of nitrogens with one attached hydrogen (secondary N) is 1. The first-order valence-corrected chi connectivity index (χ1v) is 11.4. The molecule has 1 amide bonds. The van der Waals surface area contributed by atoms with Crippen LogP contribution < -0.4 is 5.32 Å². The first-order chi connectivity index (χ1) is 14.7. The zero-order valence-corrected chi connectivity index (χ0v) is 17.9. The van der Waals surface area contributed by atoms with Gasteiger partial charge in [-0.3, -0.25) is 9.78 Å². The molecule has 1 aliphatic heterocycles. The molecular formula is C23H25N5OS. The Kier molecular flexibility index (Phi) is 5.21. The van der Waals surface area contributed by atoms with Gasteiger partial charge in [0, 0.05) is 53.3 Å². The van der Waals surface area contributed by atoms with Crippen molar-refractivity contribution in [3.63, 3.8) is 0 Å². The van der Waals surface area contributed by atoms with Crippen molar-refractivity contribution in [2.45, 2.75) is 44.6 Å². The fourth-order valence-electron chi connectivity index (χ4n) is 4.00. The summed E-state index contributed by atoms with van der Waals surface area (Å²) in [6, 6.07) is 8.41. The average molecular weight is 420 g/mol. The van der Waals surface area contributed by atoms with Crippen molar-refractivity contribution < 1.29 is 4.79 Å². The molecule has 30 heavy (non-hydrogen) atoms. The molecule has 1 N–H and O–H groups in total. The molecule has 1 aliphatic carbocycles. The van der Waals surface area contributed by atoms with Gasteiger partial charge in [0.1, 0.15) is 0 Å². The van der Waals surface area contributed by atoms with E-state index in [4.69, 9.17) is 4.98 Å². The number of hydrogen-bond acceptors (Lipinski definition) is 6. The van der Waals surface area contributed by atoms with E-state index in [0.717, 1.165) is 48.4 Å². The van der Waals surface area contributed by atoms with Crippen LogP contribution in [0.1, 0.15) is 52.5 Å². The summed E-state index contributed by atoms with van der Waals surface area (Å²) in [7, 11) is 0. The Morgan fingerprint density at radius 3 is 2.67 bits per heavy atom. The minimum absolute atomic E-state index is 0.140. The maximum Gasteiger partial charge on any atom is 0.254 e. The van der Waals surface area contributed by atoms with Gasteiger partial charge in [0.2, 0.25) is 5.95 Å². The Hall–Kier alpha value is -2.80. The predicted octanol–water partition coefficient (Wildman–Crippen LogP) is 4.50. The van der Waals surface area contributed by atoms with Crippen LogP contribution in [0.25, 0.3) is 11.3 Å². The average Bonchev–Trinajstić information content (AvgIpc) is 3.50. The van der Waals surface area contributed by atoms with Gasteiger partial charge in [-0.15, -0.1) is 11.3 Å². The van der Waals surface area contributed by atoms with Crippen LogP contribution in [0, 0.1) is 6.92 Å². The van der Waals surface area contributed by atoms with E-state index in [-0.39, 0.29) is 11.8 Å². The van der Waals surface area contributed by atoms with Gasteiger partial charge >= 0.3 is 0 Å². The lowest BCUT2D eigenvalue weighted by Gasteiger charge is -2.32. The van der Waals surface area contributed by atoms with Gasteiger partial charge in [0.05, 0.1) is 17.0 Å². The summed E-state index contributed by atoms with van der Waals surface area (Å²) in [6.45, 7) is 3.53. The molecular weight excluding hydrogens is 394 g/mol. The Morgan fingerprint density at radius 1 is 1.17 bits per heavy atom. The van der Waals surface area contributed by atoms with Crippen molar-refractivity contribution in [3.05, 3.63) is 58.2 Å². The van der Waals surface area contributed by atoms with Gasteiger partial charge in [-0.1, -0.05) is 6.07 Å². The van der Waals surface area contributed by atoms with E-state index in [1.165, 1.54) is 17.7 Å². The molecule has 3 aromatic rings. The van der Waals surface area contributed by atoms with Gasteiger partial charge in [0.25, 0.3) is 5.91 Å². The number of hydrogen-bond donors (Lipinski definition) is 1. The van der Waals surface area contributed by atoms with Crippen LogP contribution >= 0.6 is 11.3 Å². The molecule has 7 heteroatoms. The van der Waals surface area contributed by atoms with E-state index in [0.29, 0.717) is 12.0 Å². The minimum Gasteiger partial charge on any atom is -0.351 e. The van der Waals surface area contributed by atoms with Crippen LogP contribution in [0.5, 0.6) is 0 Å². The van der Waals surface area contributed by atoms with Crippen molar-refractivity contribution in [2.75, 3.05) is 18.4 Å². The second kappa shape index (κ2) is 8.14. The van der Waals surface area contributed by atoms with E-state index < -0.39 is 0 Å². The number of carbonyl (C=O) groups is 1. The summed E-state index contributed by atoms with van der Waals surface area (Å²) in [4.78, 5) is 30.0. The van der Waals surface area contributed by atoms with Gasteiger partial charge in [0.15, 0.2) is 0 Å². The second-order valence-electron chi connectivity index (χ2n) is 8.14. The molecule has 0 atom stereocenters. The number of likely N-dealkylation sites (tertiary alicyclic amines) is 1. The summed E-state index contributed by atoms with van der Waals surface area (Å²) in [5, 5.41) is 5.38. The summed E-state index contributed by atoms with van der Waals surface area (Å²) < 4.78 is 0. The molecule has 4 heterocycles. The van der Waals surface area contributed by atoms with Crippen molar-refractivity contribution in [1.82, 2.24) is 19.9 Å². The molecule has 0 unspecified atom stereocenters. The standard InChI is InChI=1S/C23H25N5OS/c1-15-12-17(14-30-15)22(29)28-10-7-16(8-11-28)21-19(20-4-2-3-9-24-20)13-25-23(27-21)26-18-5-6-18/h2-4,9,12-14,16,18H,5-8,10-11H2,1H3,(H,25,26,27). The summed E-state index contributed by atoms with van der Waals surface area (Å²) in [6.07, 6.45) is 7.87. The lowest BCUT2D eigenvalue weighted by atomic mass is 9.89. The number of anilines is 1. The van der Waals surface area contributed by atoms with E-state index in [9.17, 15) is 4.79 Å². The smallest absolute Gasteiger partial charge is 0.254 e. The predicted molar refractivity (Wildman–Crippen MR) is 119 cm³/mol. The zero-order valence-electron chi connectivity index (χ0n) is 17.0. The van der Waals surface area contributed by atoms with E-state index in [2.05, 4.69) is 15.3 Å². The van der Waals surface area contributed by atoms with Crippen molar-refractivity contribution in [2.24, 2.45) is 0 Å². The number of aromatic nitrogens is 3. The zero-order chi connectivity index (χ0) is 20.5. The number of thiophene rings is 1. The Labute approximate surface area is 180 Å². The quantitative estimate of drug-likeness (QED) is 0.659. The van der Waals surface area contributed by atoms with Gasteiger partial charge in [-0.2, -0.15) is 0 Å². The highest BCUT2D eigenvalue weighted by Crippen LogP contribution is 2.35. The molecule has 2 aliphatic rings. The molecule has 6 nitrogen and oxygen atoms in total. The maximum atomic E-state index is 12.8. The Bertz CT molecular complexity index is 1040. The van der Waals surface area contributed by atoms with Crippen molar-refractivity contribution in [1.29, 1.82) is 0 Å². The third-order valence-corrected chi connectivity index (χ3v) is 6.68. The summed E-state index contributed by atoms with van der Waals surface area (Å²) >= 11 is 1.63. The Balaban J connectivity index is 1.37. The fourth-order valence-corrected chi connectivity index (χ4v) is 4.68. The minimum atomic E-state index is 0.140. The van der Waals surface area contributed by atoms with Crippen LogP contribution in [0.4, 0.5) is 5.95 Å². The first kappa shape index (κ1) is 19.2. The van der Waals surface area contributed by atoms with Crippen molar-refractivity contribution in [3.8, 4) is 11.3 Å². The number of aryl methyl sites for hydroxylation is 1. The maximum absolute atomic E-state index is 12.8. The first-order valence-electron chi connectivity index (χ1n) is 10.6. The van der Waals surface area contributed by atoms with Crippen LogP contribution in [-0.4, -0.2) is 44.9 Å². The SMILES string of the molecule is Cc1cc(C(=O)N2CCC(c3nc(NC4CC4)ncc3-c3ccccn3)CC2)cs1.